The lowest BCUT2D eigenvalue weighted by Gasteiger charge is -2.26. The summed E-state index contributed by atoms with van der Waals surface area (Å²) >= 11 is 0. The number of likely N-dealkylation sites (tertiary alicyclic amines) is 1. The average Bonchev–Trinajstić information content (AvgIpc) is 2.53. The van der Waals surface area contributed by atoms with Crippen LogP contribution in [0.5, 0.6) is 0 Å². The third kappa shape index (κ3) is 2.92. The number of urea groups is 1. The minimum absolute atomic E-state index is 0.138. The number of nitrogens with one attached hydrogen (secondary N) is 1. The molecule has 2 rings (SSSR count). The molecule has 0 saturated carbocycles. The second kappa shape index (κ2) is 5.71. The highest BCUT2D eigenvalue weighted by Gasteiger charge is 2.35. The molecule has 4 nitrogen and oxygen atoms in total. The molecule has 2 aliphatic rings. The number of hydrogen-bond acceptors (Lipinski definition) is 2. The zero-order valence-corrected chi connectivity index (χ0v) is 11.1. The van der Waals surface area contributed by atoms with E-state index in [9.17, 15) is 4.79 Å². The van der Waals surface area contributed by atoms with E-state index in [2.05, 4.69) is 24.2 Å². The van der Waals surface area contributed by atoms with Crippen LogP contribution in [0.25, 0.3) is 0 Å². The fourth-order valence-electron chi connectivity index (χ4n) is 2.98. The second-order valence-corrected chi connectivity index (χ2v) is 5.37. The molecule has 0 radical (unpaired) electrons. The van der Waals surface area contributed by atoms with Gasteiger partial charge in [-0.15, -0.1) is 0 Å². The minimum Gasteiger partial charge on any atom is -0.338 e. The number of unbranched alkanes of at least 4 members (excludes halogenated alkanes) is 1. The van der Waals surface area contributed by atoms with Gasteiger partial charge in [0.15, 0.2) is 0 Å². The Labute approximate surface area is 104 Å². The first-order valence-electron chi connectivity index (χ1n) is 6.97. The number of amides is 2. The number of fused-ring (bicyclic) bond motifs is 2. The van der Waals surface area contributed by atoms with Gasteiger partial charge in [-0.2, -0.15) is 0 Å². The Morgan fingerprint density at radius 1 is 1.29 bits per heavy atom. The Bertz CT molecular complexity index is 269. The van der Waals surface area contributed by atoms with Gasteiger partial charge < -0.3 is 10.2 Å². The minimum atomic E-state index is 0.138. The van der Waals surface area contributed by atoms with Gasteiger partial charge >= 0.3 is 6.03 Å². The Hall–Kier alpha value is -0.770. The summed E-state index contributed by atoms with van der Waals surface area (Å²) in [5.41, 5.74) is 0. The largest absolute Gasteiger partial charge is 0.338 e. The van der Waals surface area contributed by atoms with Crippen LogP contribution in [-0.2, 0) is 0 Å². The molecule has 2 amide bonds. The van der Waals surface area contributed by atoms with Crippen LogP contribution >= 0.6 is 0 Å². The topological polar surface area (TPSA) is 35.6 Å². The van der Waals surface area contributed by atoms with Crippen molar-refractivity contribution in [2.24, 2.45) is 0 Å². The van der Waals surface area contributed by atoms with E-state index in [0.717, 1.165) is 38.9 Å². The van der Waals surface area contributed by atoms with E-state index in [1.54, 1.807) is 0 Å². The molecule has 1 N–H and O–H groups in total. The number of hydrogen-bond donors (Lipinski definition) is 1. The van der Waals surface area contributed by atoms with E-state index in [4.69, 9.17) is 0 Å². The molecule has 0 aromatic heterocycles. The molecular formula is C13H25N3O. The van der Waals surface area contributed by atoms with Crippen molar-refractivity contribution < 1.29 is 4.79 Å². The Balaban J connectivity index is 1.83. The first kappa shape index (κ1) is 12.7. The standard InChI is InChI=1S/C13H25N3O/c1-3-4-8-14-13(17)16-9-7-11-5-6-12(10-16)15(11)2/h11-12H,3-10H2,1-2H3,(H,14,17). The predicted octanol–water partition coefficient (Wildman–Crippen LogP) is 1.66. The fourth-order valence-corrected chi connectivity index (χ4v) is 2.98. The number of carbonyl (C=O) groups excluding carboxylic acids is 1. The van der Waals surface area contributed by atoms with Gasteiger partial charge in [-0.05, 0) is 32.7 Å². The lowest BCUT2D eigenvalue weighted by atomic mass is 10.1. The number of carbonyl (C=O) groups is 1. The Kier molecular flexibility index (Phi) is 4.26. The summed E-state index contributed by atoms with van der Waals surface area (Å²) in [6, 6.07) is 1.42. The molecule has 0 aliphatic carbocycles. The smallest absolute Gasteiger partial charge is 0.317 e. The first-order valence-corrected chi connectivity index (χ1v) is 6.97. The van der Waals surface area contributed by atoms with Crippen LogP contribution in [-0.4, -0.2) is 54.6 Å². The zero-order valence-electron chi connectivity index (χ0n) is 11.1. The van der Waals surface area contributed by atoms with Crippen LogP contribution in [0.3, 0.4) is 0 Å². The third-order valence-electron chi connectivity index (χ3n) is 4.24. The van der Waals surface area contributed by atoms with E-state index in [0.29, 0.717) is 12.1 Å². The third-order valence-corrected chi connectivity index (χ3v) is 4.24. The molecule has 4 heteroatoms. The zero-order chi connectivity index (χ0) is 12.3. The van der Waals surface area contributed by atoms with Crippen molar-refractivity contribution in [1.82, 2.24) is 15.1 Å². The van der Waals surface area contributed by atoms with Gasteiger partial charge in [0, 0.05) is 31.7 Å². The van der Waals surface area contributed by atoms with Crippen LogP contribution in [0.15, 0.2) is 0 Å². The summed E-state index contributed by atoms with van der Waals surface area (Å²) in [5, 5.41) is 3.02. The molecule has 0 spiro atoms. The van der Waals surface area contributed by atoms with Crippen LogP contribution in [0.2, 0.25) is 0 Å². The van der Waals surface area contributed by atoms with Crippen molar-refractivity contribution in [3.05, 3.63) is 0 Å². The van der Waals surface area contributed by atoms with Gasteiger partial charge in [-0.3, -0.25) is 4.90 Å². The summed E-state index contributed by atoms with van der Waals surface area (Å²) in [4.78, 5) is 16.5. The van der Waals surface area contributed by atoms with Gasteiger partial charge in [0.05, 0.1) is 0 Å². The van der Waals surface area contributed by atoms with Crippen LogP contribution < -0.4 is 5.32 Å². The normalized spacial score (nSPS) is 29.2. The van der Waals surface area contributed by atoms with Crippen molar-refractivity contribution in [3.8, 4) is 0 Å². The molecule has 2 unspecified atom stereocenters. The van der Waals surface area contributed by atoms with Crippen LogP contribution in [0.4, 0.5) is 4.79 Å². The van der Waals surface area contributed by atoms with E-state index < -0.39 is 0 Å². The summed E-state index contributed by atoms with van der Waals surface area (Å²) in [7, 11) is 2.21. The summed E-state index contributed by atoms with van der Waals surface area (Å²) in [6.45, 7) is 4.79. The lowest BCUT2D eigenvalue weighted by molar-refractivity contribution is 0.188. The number of nitrogens with zero attached hydrogens (tertiary/aromatic N) is 2. The van der Waals surface area contributed by atoms with Crippen LogP contribution in [0, 0.1) is 0 Å². The molecule has 2 atom stereocenters. The molecule has 0 aromatic carbocycles. The second-order valence-electron chi connectivity index (χ2n) is 5.37. The van der Waals surface area contributed by atoms with E-state index in [-0.39, 0.29) is 6.03 Å². The summed E-state index contributed by atoms with van der Waals surface area (Å²) in [6.07, 6.45) is 5.90. The van der Waals surface area contributed by atoms with Crippen molar-refractivity contribution in [3.63, 3.8) is 0 Å². The summed E-state index contributed by atoms with van der Waals surface area (Å²) < 4.78 is 0. The van der Waals surface area contributed by atoms with Crippen LogP contribution in [0.1, 0.15) is 39.0 Å². The van der Waals surface area contributed by atoms with Gasteiger partial charge in [-0.1, -0.05) is 13.3 Å². The quantitative estimate of drug-likeness (QED) is 0.760. The predicted molar refractivity (Wildman–Crippen MR) is 69.1 cm³/mol. The molecule has 2 saturated heterocycles. The highest BCUT2D eigenvalue weighted by Crippen LogP contribution is 2.28. The molecule has 2 heterocycles. The molecule has 2 aliphatic heterocycles. The van der Waals surface area contributed by atoms with Gasteiger partial charge in [0.25, 0.3) is 0 Å². The fraction of sp³-hybridized carbons (Fsp3) is 0.923. The van der Waals surface area contributed by atoms with Crippen molar-refractivity contribution in [2.45, 2.75) is 51.1 Å². The number of likely N-dealkylation sites (N-methyl/N-ethyl adjacent to an activating group) is 1. The average molecular weight is 239 g/mol. The highest BCUT2D eigenvalue weighted by atomic mass is 16.2. The molecular weight excluding hydrogens is 214 g/mol. The maximum absolute atomic E-state index is 12.0. The summed E-state index contributed by atoms with van der Waals surface area (Å²) in [5.74, 6) is 0. The van der Waals surface area contributed by atoms with Gasteiger partial charge in [0.1, 0.15) is 0 Å². The van der Waals surface area contributed by atoms with E-state index >= 15 is 0 Å². The maximum Gasteiger partial charge on any atom is 0.317 e. The number of rotatable bonds is 3. The molecule has 2 bridgehead atoms. The molecule has 17 heavy (non-hydrogen) atoms. The Morgan fingerprint density at radius 2 is 2.06 bits per heavy atom. The highest BCUT2D eigenvalue weighted by molar-refractivity contribution is 5.74. The van der Waals surface area contributed by atoms with E-state index in [1.165, 1.54) is 12.8 Å². The molecule has 2 fully saturated rings. The molecule has 98 valence electrons. The van der Waals surface area contributed by atoms with E-state index in [1.807, 2.05) is 4.90 Å². The molecule has 0 aromatic rings. The van der Waals surface area contributed by atoms with Crippen molar-refractivity contribution in [1.29, 1.82) is 0 Å². The van der Waals surface area contributed by atoms with Gasteiger partial charge in [0.2, 0.25) is 0 Å². The van der Waals surface area contributed by atoms with Crippen molar-refractivity contribution >= 4 is 6.03 Å². The Morgan fingerprint density at radius 3 is 2.82 bits per heavy atom. The monoisotopic (exact) mass is 239 g/mol. The first-order chi connectivity index (χ1) is 8.22. The SMILES string of the molecule is CCCCNC(=O)N1CCC2CCC(C1)N2C. The van der Waals surface area contributed by atoms with Crippen molar-refractivity contribution in [2.75, 3.05) is 26.7 Å². The van der Waals surface area contributed by atoms with Gasteiger partial charge in [-0.25, -0.2) is 4.79 Å². The lowest BCUT2D eigenvalue weighted by Crippen LogP contribution is -2.45. The maximum atomic E-state index is 12.0.